The summed E-state index contributed by atoms with van der Waals surface area (Å²) < 4.78 is 41.0. The molecule has 0 aliphatic heterocycles. The van der Waals surface area contributed by atoms with Crippen LogP contribution in [0.3, 0.4) is 0 Å². The molecule has 1 N–H and O–H groups in total. The minimum Gasteiger partial charge on any atom is -0.347 e. The lowest BCUT2D eigenvalue weighted by molar-refractivity contribution is -0.171. The van der Waals surface area contributed by atoms with E-state index in [-0.39, 0.29) is 18.5 Å². The van der Waals surface area contributed by atoms with Gasteiger partial charge < -0.3 is 4.98 Å². The number of carbonyl (C=O) groups is 1. The van der Waals surface area contributed by atoms with Gasteiger partial charge in [0, 0.05) is 6.20 Å². The minimum atomic E-state index is -4.59. The summed E-state index contributed by atoms with van der Waals surface area (Å²) in [4.78, 5) is 20.7. The SMILES string of the molecule is Cc1ccccc1C(c1ccccc1)(c1ccccc1)c1nc(C(=O)C2(C(F)(F)F)CC2)c[nH]1. The van der Waals surface area contributed by atoms with E-state index in [1.54, 1.807) is 0 Å². The van der Waals surface area contributed by atoms with E-state index in [2.05, 4.69) is 9.97 Å². The molecule has 6 heteroatoms. The Morgan fingerprint density at radius 2 is 1.38 bits per heavy atom. The molecule has 0 bridgehead atoms. The Labute approximate surface area is 195 Å². The summed E-state index contributed by atoms with van der Waals surface area (Å²) in [5.41, 5.74) is 0.244. The van der Waals surface area contributed by atoms with Gasteiger partial charge >= 0.3 is 6.18 Å². The Hall–Kier alpha value is -3.67. The van der Waals surface area contributed by atoms with Gasteiger partial charge in [-0.05, 0) is 42.0 Å². The first-order valence-electron chi connectivity index (χ1n) is 11.2. The minimum absolute atomic E-state index is 0.186. The van der Waals surface area contributed by atoms with Gasteiger partial charge in [-0.2, -0.15) is 13.2 Å². The molecule has 1 fully saturated rings. The van der Waals surface area contributed by atoms with E-state index in [9.17, 15) is 18.0 Å². The first-order chi connectivity index (χ1) is 16.3. The molecular formula is C28H23F3N2O. The van der Waals surface area contributed by atoms with Gasteiger partial charge in [-0.1, -0.05) is 84.9 Å². The fraction of sp³-hybridized carbons (Fsp3) is 0.214. The number of hydrogen-bond acceptors (Lipinski definition) is 2. The zero-order valence-electron chi connectivity index (χ0n) is 18.6. The van der Waals surface area contributed by atoms with Gasteiger partial charge in [0.1, 0.15) is 22.3 Å². The lowest BCUT2D eigenvalue weighted by Gasteiger charge is -2.35. The highest BCUT2D eigenvalue weighted by Crippen LogP contribution is 2.59. The molecule has 1 aliphatic rings. The molecule has 1 heterocycles. The lowest BCUT2D eigenvalue weighted by atomic mass is 9.67. The zero-order valence-corrected chi connectivity index (χ0v) is 18.6. The molecule has 1 saturated carbocycles. The molecule has 5 rings (SSSR count). The third-order valence-corrected chi connectivity index (χ3v) is 6.86. The van der Waals surface area contributed by atoms with Gasteiger partial charge in [-0.25, -0.2) is 4.98 Å². The van der Waals surface area contributed by atoms with Crippen LogP contribution in [0, 0.1) is 12.3 Å². The van der Waals surface area contributed by atoms with Crippen LogP contribution in [0.1, 0.15) is 51.4 Å². The maximum Gasteiger partial charge on any atom is 0.401 e. The van der Waals surface area contributed by atoms with Gasteiger partial charge in [-0.15, -0.1) is 0 Å². The van der Waals surface area contributed by atoms with Gasteiger partial charge in [0.25, 0.3) is 0 Å². The number of alkyl halides is 3. The number of halogens is 3. The summed E-state index contributed by atoms with van der Waals surface area (Å²) in [6.45, 7) is 1.99. The van der Waals surface area contributed by atoms with Crippen molar-refractivity contribution in [3.05, 3.63) is 125 Å². The topological polar surface area (TPSA) is 45.8 Å². The Kier molecular flexibility index (Phi) is 5.19. The van der Waals surface area contributed by atoms with E-state index >= 15 is 0 Å². The van der Waals surface area contributed by atoms with E-state index in [1.165, 1.54) is 6.20 Å². The van der Waals surface area contributed by atoms with Crippen molar-refractivity contribution in [1.29, 1.82) is 0 Å². The fourth-order valence-corrected chi connectivity index (χ4v) is 4.89. The van der Waals surface area contributed by atoms with Crippen molar-refractivity contribution >= 4 is 5.78 Å². The van der Waals surface area contributed by atoms with Crippen LogP contribution in [0.25, 0.3) is 0 Å². The number of hydrogen-bond donors (Lipinski definition) is 1. The molecule has 172 valence electrons. The number of Topliss-reactive ketones (excluding diaryl/α,β-unsaturated/α-hetero) is 1. The van der Waals surface area contributed by atoms with Crippen LogP contribution in [-0.4, -0.2) is 21.9 Å². The molecule has 0 saturated heterocycles. The van der Waals surface area contributed by atoms with Gasteiger partial charge in [-0.3, -0.25) is 4.79 Å². The molecule has 0 amide bonds. The molecule has 0 spiro atoms. The van der Waals surface area contributed by atoms with E-state index in [1.807, 2.05) is 91.9 Å². The Bertz CT molecular complexity index is 1280. The molecule has 0 unspecified atom stereocenters. The number of ketones is 1. The van der Waals surface area contributed by atoms with Crippen molar-refractivity contribution < 1.29 is 18.0 Å². The number of imidazole rings is 1. The van der Waals surface area contributed by atoms with E-state index < -0.39 is 22.8 Å². The normalized spacial score (nSPS) is 15.2. The van der Waals surface area contributed by atoms with Crippen molar-refractivity contribution in [3.8, 4) is 0 Å². The van der Waals surface area contributed by atoms with Crippen molar-refractivity contribution in [2.75, 3.05) is 0 Å². The first-order valence-corrected chi connectivity index (χ1v) is 11.2. The molecule has 1 aliphatic carbocycles. The summed E-state index contributed by atoms with van der Waals surface area (Å²) >= 11 is 0. The third-order valence-electron chi connectivity index (χ3n) is 6.86. The third kappa shape index (κ3) is 3.28. The highest BCUT2D eigenvalue weighted by atomic mass is 19.4. The number of H-pyrrole nitrogens is 1. The molecule has 34 heavy (non-hydrogen) atoms. The summed E-state index contributed by atoms with van der Waals surface area (Å²) in [6, 6.07) is 27.3. The lowest BCUT2D eigenvalue weighted by Crippen LogP contribution is -2.34. The number of carbonyl (C=O) groups excluding carboxylic acids is 1. The second-order valence-electron chi connectivity index (χ2n) is 8.84. The Morgan fingerprint density at radius 1 is 0.853 bits per heavy atom. The van der Waals surface area contributed by atoms with E-state index in [0.29, 0.717) is 5.82 Å². The summed E-state index contributed by atoms with van der Waals surface area (Å²) in [7, 11) is 0. The molecule has 1 aromatic heterocycles. The molecular weight excluding hydrogens is 437 g/mol. The average molecular weight is 460 g/mol. The molecule has 3 nitrogen and oxygen atoms in total. The Morgan fingerprint density at radius 3 is 1.88 bits per heavy atom. The van der Waals surface area contributed by atoms with Crippen molar-refractivity contribution in [2.24, 2.45) is 5.41 Å². The number of aryl methyl sites for hydroxylation is 1. The number of aromatic nitrogens is 2. The maximum absolute atomic E-state index is 13.7. The highest BCUT2D eigenvalue weighted by Gasteiger charge is 2.68. The fourth-order valence-electron chi connectivity index (χ4n) is 4.89. The van der Waals surface area contributed by atoms with Crippen LogP contribution in [0.5, 0.6) is 0 Å². The van der Waals surface area contributed by atoms with E-state index in [4.69, 9.17) is 0 Å². The number of rotatable bonds is 6. The van der Waals surface area contributed by atoms with Crippen LogP contribution < -0.4 is 0 Å². The summed E-state index contributed by atoms with van der Waals surface area (Å²) in [6.07, 6.45) is -3.66. The monoisotopic (exact) mass is 460 g/mol. The highest BCUT2D eigenvalue weighted by molar-refractivity contribution is 6.01. The maximum atomic E-state index is 13.7. The van der Waals surface area contributed by atoms with Crippen LogP contribution in [-0.2, 0) is 5.41 Å². The predicted octanol–water partition coefficient (Wildman–Crippen LogP) is 6.63. The van der Waals surface area contributed by atoms with Crippen LogP contribution in [0.4, 0.5) is 13.2 Å². The van der Waals surface area contributed by atoms with Gasteiger partial charge in [0.15, 0.2) is 5.78 Å². The Balaban J connectivity index is 1.77. The quantitative estimate of drug-likeness (QED) is 0.259. The summed E-state index contributed by atoms with van der Waals surface area (Å²) in [5, 5.41) is 0. The molecule has 0 radical (unpaired) electrons. The van der Waals surface area contributed by atoms with Crippen molar-refractivity contribution in [1.82, 2.24) is 9.97 Å². The van der Waals surface area contributed by atoms with Crippen molar-refractivity contribution in [3.63, 3.8) is 0 Å². The van der Waals surface area contributed by atoms with Crippen LogP contribution >= 0.6 is 0 Å². The number of nitrogens with one attached hydrogen (secondary N) is 1. The zero-order chi connectivity index (χ0) is 24.0. The van der Waals surface area contributed by atoms with E-state index in [0.717, 1.165) is 22.3 Å². The molecule has 0 atom stereocenters. The standard InChI is InChI=1S/C28H23F3N2O/c1-19-10-8-9-15-22(19)27(20-11-4-2-5-12-20,21-13-6-3-7-14-21)25-32-18-23(33-25)24(34)26(16-17-26)28(29,30)31/h2-15,18H,16-17H2,1H3,(H,32,33). The average Bonchev–Trinajstić information content (AvgIpc) is 3.54. The smallest absolute Gasteiger partial charge is 0.347 e. The van der Waals surface area contributed by atoms with Crippen molar-refractivity contribution in [2.45, 2.75) is 31.4 Å². The molecule has 3 aromatic carbocycles. The largest absolute Gasteiger partial charge is 0.401 e. The number of nitrogens with zero attached hydrogens (tertiary/aromatic N) is 1. The first kappa shape index (κ1) is 22.1. The second kappa shape index (κ2) is 7.97. The van der Waals surface area contributed by atoms with Gasteiger partial charge in [0.05, 0.1) is 0 Å². The number of benzene rings is 3. The predicted molar refractivity (Wildman–Crippen MR) is 124 cm³/mol. The van der Waals surface area contributed by atoms with Crippen LogP contribution in [0.15, 0.2) is 91.1 Å². The summed E-state index contributed by atoms with van der Waals surface area (Å²) in [5.74, 6) is -0.567. The van der Waals surface area contributed by atoms with Gasteiger partial charge in [0.2, 0.25) is 0 Å². The van der Waals surface area contributed by atoms with Crippen LogP contribution in [0.2, 0.25) is 0 Å². The second-order valence-corrected chi connectivity index (χ2v) is 8.84. The molecule has 4 aromatic rings. The number of aromatic amines is 1.